The third-order valence-corrected chi connectivity index (χ3v) is 3.96. The fourth-order valence-corrected chi connectivity index (χ4v) is 2.70. The van der Waals surface area contributed by atoms with Gasteiger partial charge in [-0.05, 0) is 39.9 Å². The lowest BCUT2D eigenvalue weighted by Gasteiger charge is -2.36. The van der Waals surface area contributed by atoms with Gasteiger partial charge in [0.2, 0.25) is 0 Å². The smallest absolute Gasteiger partial charge is 0.340 e. The maximum atomic E-state index is 11.9. The lowest BCUT2D eigenvalue weighted by Crippen LogP contribution is -2.42. The molecule has 21 heavy (non-hydrogen) atoms. The largest absolute Gasteiger partial charge is 0.462 e. The van der Waals surface area contributed by atoms with Gasteiger partial charge in [-0.2, -0.15) is 0 Å². The number of nitrogens with two attached hydrogens (primary N) is 1. The molecule has 0 spiro atoms. The second kappa shape index (κ2) is 6.76. The van der Waals surface area contributed by atoms with Crippen molar-refractivity contribution in [3.63, 3.8) is 0 Å². The van der Waals surface area contributed by atoms with Crippen LogP contribution in [0.25, 0.3) is 0 Å². The van der Waals surface area contributed by atoms with Crippen LogP contribution >= 0.6 is 0 Å². The fourth-order valence-electron chi connectivity index (χ4n) is 2.70. The molecule has 2 rings (SSSR count). The predicted molar refractivity (Wildman–Crippen MR) is 83.5 cm³/mol. The number of nitrogens with zero attached hydrogens (tertiary/aromatic N) is 3. The summed E-state index contributed by atoms with van der Waals surface area (Å²) in [5.74, 6) is 0.305. The first-order chi connectivity index (χ1) is 10.0. The van der Waals surface area contributed by atoms with Crippen molar-refractivity contribution in [2.45, 2.75) is 25.8 Å². The summed E-state index contributed by atoms with van der Waals surface area (Å²) in [7, 11) is 4.21. The summed E-state index contributed by atoms with van der Waals surface area (Å²) in [6.45, 7) is 3.91. The minimum atomic E-state index is -0.387. The van der Waals surface area contributed by atoms with Gasteiger partial charge in [0.1, 0.15) is 0 Å². The molecule has 1 fully saturated rings. The molecule has 6 heteroatoms. The number of anilines is 2. The summed E-state index contributed by atoms with van der Waals surface area (Å²) >= 11 is 0. The predicted octanol–water partition coefficient (Wildman–Crippen LogP) is 1.37. The van der Waals surface area contributed by atoms with Crippen LogP contribution in [0.5, 0.6) is 0 Å². The highest BCUT2D eigenvalue weighted by molar-refractivity contribution is 5.97. The Balaban J connectivity index is 2.14. The number of piperidine rings is 1. The number of esters is 1. The normalized spacial score (nSPS) is 16.3. The highest BCUT2D eigenvalue weighted by atomic mass is 16.5. The van der Waals surface area contributed by atoms with Crippen molar-refractivity contribution in [2.75, 3.05) is 44.4 Å². The summed E-state index contributed by atoms with van der Waals surface area (Å²) in [6, 6.07) is 2.21. The molecule has 2 heterocycles. The van der Waals surface area contributed by atoms with Gasteiger partial charge in [-0.25, -0.2) is 9.78 Å². The second-order valence-corrected chi connectivity index (χ2v) is 5.50. The van der Waals surface area contributed by atoms with E-state index in [2.05, 4.69) is 28.9 Å². The van der Waals surface area contributed by atoms with Gasteiger partial charge in [0.15, 0.2) is 5.82 Å². The average Bonchev–Trinajstić information content (AvgIpc) is 2.48. The Kier molecular flexibility index (Phi) is 5.01. The number of hydrogen-bond donors (Lipinski definition) is 1. The fraction of sp³-hybridized carbons (Fsp3) is 0.600. The molecule has 0 atom stereocenters. The van der Waals surface area contributed by atoms with E-state index in [4.69, 9.17) is 10.5 Å². The van der Waals surface area contributed by atoms with Gasteiger partial charge in [-0.15, -0.1) is 0 Å². The molecule has 0 radical (unpaired) electrons. The Morgan fingerprint density at radius 1 is 1.48 bits per heavy atom. The lowest BCUT2D eigenvalue weighted by molar-refractivity contribution is 0.0527. The van der Waals surface area contributed by atoms with Crippen molar-refractivity contribution >= 4 is 17.5 Å². The molecule has 0 amide bonds. The van der Waals surface area contributed by atoms with Crippen molar-refractivity contribution in [3.8, 4) is 0 Å². The van der Waals surface area contributed by atoms with Crippen LogP contribution in [0.3, 0.4) is 0 Å². The molecule has 1 aliphatic rings. The number of aromatic nitrogens is 1. The van der Waals surface area contributed by atoms with Crippen LogP contribution in [0.2, 0.25) is 0 Å². The number of pyridine rings is 1. The number of hydrogen-bond acceptors (Lipinski definition) is 6. The van der Waals surface area contributed by atoms with E-state index in [9.17, 15) is 4.79 Å². The maximum Gasteiger partial charge on any atom is 0.340 e. The van der Waals surface area contributed by atoms with Crippen molar-refractivity contribution < 1.29 is 9.53 Å². The lowest BCUT2D eigenvalue weighted by atomic mass is 10.0. The van der Waals surface area contributed by atoms with Gasteiger partial charge in [0, 0.05) is 25.3 Å². The second-order valence-electron chi connectivity index (χ2n) is 5.50. The molecule has 6 nitrogen and oxygen atoms in total. The zero-order chi connectivity index (χ0) is 15.4. The first-order valence-electron chi connectivity index (χ1n) is 7.37. The Bertz CT molecular complexity index is 496. The van der Waals surface area contributed by atoms with E-state index in [-0.39, 0.29) is 5.97 Å². The van der Waals surface area contributed by atoms with E-state index >= 15 is 0 Å². The van der Waals surface area contributed by atoms with Crippen molar-refractivity contribution in [1.82, 2.24) is 9.88 Å². The molecular formula is C15H24N4O2. The standard InChI is InChI=1S/C15H24N4O2/c1-4-21-15(20)12-5-8-17-14(13(12)16)19-9-6-11(7-10-19)18(2)3/h5,8,11H,4,6-7,9-10,16H2,1-3H3. The SMILES string of the molecule is CCOC(=O)c1ccnc(N2CCC(N(C)C)CC2)c1N. The molecule has 116 valence electrons. The van der Waals surface area contributed by atoms with E-state index in [0.717, 1.165) is 25.9 Å². The monoisotopic (exact) mass is 292 g/mol. The van der Waals surface area contributed by atoms with Crippen molar-refractivity contribution in [1.29, 1.82) is 0 Å². The van der Waals surface area contributed by atoms with Crippen LogP contribution in [-0.2, 0) is 4.74 Å². The number of rotatable bonds is 4. The van der Waals surface area contributed by atoms with Crippen LogP contribution in [0.1, 0.15) is 30.1 Å². The zero-order valence-electron chi connectivity index (χ0n) is 13.0. The van der Waals surface area contributed by atoms with Crippen LogP contribution in [0.4, 0.5) is 11.5 Å². The van der Waals surface area contributed by atoms with Crippen LogP contribution in [0.15, 0.2) is 12.3 Å². The van der Waals surface area contributed by atoms with Gasteiger partial charge in [-0.3, -0.25) is 0 Å². The molecule has 1 aromatic heterocycles. The summed E-state index contributed by atoms with van der Waals surface area (Å²) in [5, 5.41) is 0. The Hall–Kier alpha value is -1.82. The highest BCUT2D eigenvalue weighted by Gasteiger charge is 2.24. The molecule has 2 N–H and O–H groups in total. The van der Waals surface area contributed by atoms with E-state index in [1.807, 2.05) is 0 Å². The van der Waals surface area contributed by atoms with E-state index in [1.54, 1.807) is 19.2 Å². The molecule has 0 aliphatic carbocycles. The van der Waals surface area contributed by atoms with Crippen LogP contribution < -0.4 is 10.6 Å². The number of carbonyl (C=O) groups excluding carboxylic acids is 1. The summed E-state index contributed by atoms with van der Waals surface area (Å²) in [6.07, 6.45) is 3.76. The minimum absolute atomic E-state index is 0.337. The van der Waals surface area contributed by atoms with E-state index < -0.39 is 0 Å². The van der Waals surface area contributed by atoms with Crippen molar-refractivity contribution in [2.24, 2.45) is 0 Å². The third kappa shape index (κ3) is 3.44. The van der Waals surface area contributed by atoms with Gasteiger partial charge >= 0.3 is 5.97 Å². The third-order valence-electron chi connectivity index (χ3n) is 3.96. The van der Waals surface area contributed by atoms with Gasteiger partial charge in [0.25, 0.3) is 0 Å². The molecule has 0 saturated carbocycles. The Labute approximate surface area is 125 Å². The molecular weight excluding hydrogens is 268 g/mol. The number of nitrogen functional groups attached to an aromatic ring is 1. The van der Waals surface area contributed by atoms with Gasteiger partial charge in [-0.1, -0.05) is 0 Å². The van der Waals surface area contributed by atoms with Crippen molar-refractivity contribution in [3.05, 3.63) is 17.8 Å². The number of ether oxygens (including phenoxy) is 1. The molecule has 0 aromatic carbocycles. The average molecular weight is 292 g/mol. The summed E-state index contributed by atoms with van der Waals surface area (Å²) < 4.78 is 5.03. The zero-order valence-corrected chi connectivity index (χ0v) is 13.0. The minimum Gasteiger partial charge on any atom is -0.462 e. The first kappa shape index (κ1) is 15.6. The van der Waals surface area contributed by atoms with Gasteiger partial charge in [0.05, 0.1) is 17.9 Å². The van der Waals surface area contributed by atoms with Gasteiger partial charge < -0.3 is 20.3 Å². The Morgan fingerprint density at radius 2 is 2.14 bits per heavy atom. The topological polar surface area (TPSA) is 71.7 Å². The molecule has 1 aliphatic heterocycles. The van der Waals surface area contributed by atoms with E-state index in [1.165, 1.54) is 0 Å². The maximum absolute atomic E-state index is 11.9. The molecule has 1 saturated heterocycles. The van der Waals surface area contributed by atoms with Crippen LogP contribution in [-0.4, -0.2) is 55.7 Å². The summed E-state index contributed by atoms with van der Waals surface area (Å²) in [5.41, 5.74) is 6.94. The summed E-state index contributed by atoms with van der Waals surface area (Å²) in [4.78, 5) is 20.6. The quantitative estimate of drug-likeness (QED) is 0.845. The first-order valence-corrected chi connectivity index (χ1v) is 7.37. The van der Waals surface area contributed by atoms with Crippen LogP contribution in [0, 0.1) is 0 Å². The van der Waals surface area contributed by atoms with E-state index in [0.29, 0.717) is 29.7 Å². The highest BCUT2D eigenvalue weighted by Crippen LogP contribution is 2.27. The molecule has 0 bridgehead atoms. The molecule has 1 aromatic rings. The Morgan fingerprint density at radius 3 is 2.71 bits per heavy atom. The molecule has 0 unspecified atom stereocenters. The number of carbonyl (C=O) groups is 1.